The van der Waals surface area contributed by atoms with Gasteiger partial charge in [0.15, 0.2) is 6.10 Å². The van der Waals surface area contributed by atoms with Crippen molar-refractivity contribution in [3.8, 4) is 0 Å². The second kappa shape index (κ2) is 29.0. The van der Waals surface area contributed by atoms with Crippen molar-refractivity contribution in [3.05, 3.63) is 12.2 Å². The number of hydrogen-bond donors (Lipinski definition) is 6. The summed E-state index contributed by atoms with van der Waals surface area (Å²) in [5.41, 5.74) is 0. The highest BCUT2D eigenvalue weighted by Gasteiger charge is 2.51. The number of phosphoric acid groups is 1. The Morgan fingerprint density at radius 3 is 1.49 bits per heavy atom. The lowest BCUT2D eigenvalue weighted by molar-refractivity contribution is -0.220. The molecule has 1 saturated carbocycles. The molecule has 0 aromatic carbocycles. The van der Waals surface area contributed by atoms with Gasteiger partial charge in [0.1, 0.15) is 43.2 Å². The summed E-state index contributed by atoms with van der Waals surface area (Å²) in [4.78, 5) is 35.3. The molecular weight excluding hydrogens is 683 g/mol. The quantitative estimate of drug-likeness (QED) is 0.0210. The summed E-state index contributed by atoms with van der Waals surface area (Å²) in [5.74, 6) is -1.11. The molecule has 0 amide bonds. The standard InChI is InChI=1S/C37H69O13P/c1-3-5-7-9-11-12-13-14-15-16-17-18-20-21-23-25-30(38)47-27-29(49-31(39)26-24-22-19-10-8-6-4-2)28-48-51(45,46)50-37-35(43)33(41)32(40)34(42)36(37)44/h14-15,29,32-37,40-44H,3-13,16-28H2,1-2H3,(H,45,46)/b15-14+/t29-,32?,33-,34?,35?,36?,37?/m0/s1. The van der Waals surface area contributed by atoms with Crippen LogP contribution in [0.3, 0.4) is 0 Å². The summed E-state index contributed by atoms with van der Waals surface area (Å²) in [6.07, 6.45) is 13.2. The molecule has 0 spiro atoms. The summed E-state index contributed by atoms with van der Waals surface area (Å²) < 4.78 is 33.2. The first kappa shape index (κ1) is 47.6. The van der Waals surface area contributed by atoms with Crippen LogP contribution in [0.4, 0.5) is 0 Å². The molecule has 1 aliphatic carbocycles. The lowest BCUT2D eigenvalue weighted by atomic mass is 9.85. The van der Waals surface area contributed by atoms with E-state index in [-0.39, 0.29) is 12.8 Å². The van der Waals surface area contributed by atoms with E-state index in [4.69, 9.17) is 18.5 Å². The van der Waals surface area contributed by atoms with Crippen LogP contribution in [0.5, 0.6) is 0 Å². The second-order valence-corrected chi connectivity index (χ2v) is 15.2. The lowest BCUT2D eigenvalue weighted by Gasteiger charge is -2.41. The third-order valence-corrected chi connectivity index (χ3v) is 10.1. The van der Waals surface area contributed by atoms with E-state index in [0.717, 1.165) is 70.6 Å². The molecule has 6 unspecified atom stereocenters. The van der Waals surface area contributed by atoms with E-state index < -0.39 is 75.7 Å². The number of unbranched alkanes of at least 4 members (excludes halogenated alkanes) is 17. The van der Waals surface area contributed by atoms with Crippen LogP contribution >= 0.6 is 7.82 Å². The Kier molecular flexibility index (Phi) is 27.1. The van der Waals surface area contributed by atoms with Crippen molar-refractivity contribution in [2.24, 2.45) is 0 Å². The number of allylic oxidation sites excluding steroid dienone is 2. The van der Waals surface area contributed by atoms with Gasteiger partial charge in [-0.2, -0.15) is 0 Å². The number of carbonyl (C=O) groups excluding carboxylic acids is 2. The zero-order chi connectivity index (χ0) is 37.9. The van der Waals surface area contributed by atoms with Crippen LogP contribution in [0.1, 0.15) is 155 Å². The smallest absolute Gasteiger partial charge is 0.462 e. The normalized spacial score (nSPS) is 24.0. The highest BCUT2D eigenvalue weighted by molar-refractivity contribution is 7.47. The summed E-state index contributed by atoms with van der Waals surface area (Å²) in [6.45, 7) is 3.19. The topological polar surface area (TPSA) is 210 Å². The zero-order valence-electron chi connectivity index (χ0n) is 31.2. The predicted molar refractivity (Wildman–Crippen MR) is 194 cm³/mol. The van der Waals surface area contributed by atoms with Crippen molar-refractivity contribution >= 4 is 19.8 Å². The molecule has 8 atom stereocenters. The molecule has 0 bridgehead atoms. The van der Waals surface area contributed by atoms with Gasteiger partial charge in [0, 0.05) is 12.8 Å². The van der Waals surface area contributed by atoms with Crippen molar-refractivity contribution in [1.82, 2.24) is 0 Å². The van der Waals surface area contributed by atoms with Gasteiger partial charge in [-0.1, -0.05) is 116 Å². The molecule has 1 fully saturated rings. The van der Waals surface area contributed by atoms with Crippen molar-refractivity contribution in [3.63, 3.8) is 0 Å². The highest BCUT2D eigenvalue weighted by atomic mass is 31.2. The maximum Gasteiger partial charge on any atom is 0.472 e. The van der Waals surface area contributed by atoms with Crippen LogP contribution in [0.2, 0.25) is 0 Å². The number of esters is 2. The van der Waals surface area contributed by atoms with Crippen LogP contribution in [0.25, 0.3) is 0 Å². The van der Waals surface area contributed by atoms with Crippen LogP contribution < -0.4 is 0 Å². The number of phosphoric ester groups is 1. The number of hydrogen-bond acceptors (Lipinski definition) is 12. The average molecular weight is 753 g/mol. The Hall–Kier alpha value is -1.41. The van der Waals surface area contributed by atoms with E-state index in [0.29, 0.717) is 12.8 Å². The molecule has 1 rings (SSSR count). The number of aliphatic hydroxyl groups excluding tert-OH is 5. The van der Waals surface area contributed by atoms with Crippen LogP contribution in [0, 0.1) is 0 Å². The zero-order valence-corrected chi connectivity index (χ0v) is 32.0. The molecule has 0 aromatic rings. The molecule has 14 heteroatoms. The first-order chi connectivity index (χ1) is 24.4. The minimum Gasteiger partial charge on any atom is -0.462 e. The number of ether oxygens (including phenoxy) is 2. The fraction of sp³-hybridized carbons (Fsp3) is 0.892. The predicted octanol–water partition coefficient (Wildman–Crippen LogP) is 5.94. The van der Waals surface area contributed by atoms with Crippen molar-refractivity contribution in [1.29, 1.82) is 0 Å². The average Bonchev–Trinajstić information content (AvgIpc) is 3.10. The summed E-state index contributed by atoms with van der Waals surface area (Å²) in [7, 11) is -5.10. The first-order valence-corrected chi connectivity index (χ1v) is 21.0. The summed E-state index contributed by atoms with van der Waals surface area (Å²) in [6, 6.07) is 0. The fourth-order valence-electron chi connectivity index (χ4n) is 5.87. The van der Waals surface area contributed by atoms with E-state index >= 15 is 0 Å². The Morgan fingerprint density at radius 2 is 1.00 bits per heavy atom. The molecule has 0 radical (unpaired) electrons. The molecule has 300 valence electrons. The third kappa shape index (κ3) is 22.4. The van der Waals surface area contributed by atoms with E-state index in [2.05, 4.69) is 26.0 Å². The summed E-state index contributed by atoms with van der Waals surface area (Å²) >= 11 is 0. The van der Waals surface area contributed by atoms with Gasteiger partial charge in [-0.15, -0.1) is 0 Å². The Balaban J connectivity index is 2.49. The monoisotopic (exact) mass is 752 g/mol. The van der Waals surface area contributed by atoms with Crippen molar-refractivity contribution in [2.45, 2.75) is 198 Å². The van der Waals surface area contributed by atoms with Gasteiger partial charge in [-0.25, -0.2) is 4.57 Å². The molecule has 0 aromatic heterocycles. The Labute approximate surface area is 305 Å². The van der Waals surface area contributed by atoms with Crippen LogP contribution in [-0.4, -0.2) is 98.3 Å². The van der Waals surface area contributed by atoms with Gasteiger partial charge in [-0.05, 0) is 38.5 Å². The molecule has 0 saturated heterocycles. The minimum absolute atomic E-state index is 0.0962. The van der Waals surface area contributed by atoms with Crippen LogP contribution in [0.15, 0.2) is 12.2 Å². The largest absolute Gasteiger partial charge is 0.472 e. The first-order valence-electron chi connectivity index (χ1n) is 19.5. The molecule has 0 heterocycles. The second-order valence-electron chi connectivity index (χ2n) is 13.8. The van der Waals surface area contributed by atoms with Gasteiger partial charge >= 0.3 is 19.8 Å². The van der Waals surface area contributed by atoms with Gasteiger partial charge in [-0.3, -0.25) is 18.6 Å². The highest BCUT2D eigenvalue weighted by Crippen LogP contribution is 2.47. The van der Waals surface area contributed by atoms with Gasteiger partial charge in [0.25, 0.3) is 0 Å². The van der Waals surface area contributed by atoms with E-state index in [9.17, 15) is 44.6 Å². The lowest BCUT2D eigenvalue weighted by Crippen LogP contribution is -2.64. The summed E-state index contributed by atoms with van der Waals surface area (Å²) in [5, 5.41) is 49.8. The van der Waals surface area contributed by atoms with Gasteiger partial charge in [0.2, 0.25) is 0 Å². The Morgan fingerprint density at radius 1 is 0.588 bits per heavy atom. The molecule has 1 aliphatic rings. The fourth-order valence-corrected chi connectivity index (χ4v) is 6.84. The number of rotatable bonds is 31. The van der Waals surface area contributed by atoms with E-state index in [1.165, 1.54) is 44.9 Å². The number of carbonyl (C=O) groups is 2. The maximum absolute atomic E-state index is 12.7. The van der Waals surface area contributed by atoms with E-state index in [1.807, 2.05) is 0 Å². The maximum atomic E-state index is 12.7. The molecule has 6 N–H and O–H groups in total. The van der Waals surface area contributed by atoms with Gasteiger partial charge < -0.3 is 39.9 Å². The molecular formula is C37H69O13P. The minimum atomic E-state index is -5.10. The Bertz CT molecular complexity index is 964. The molecule has 51 heavy (non-hydrogen) atoms. The molecule has 0 aliphatic heterocycles. The van der Waals surface area contributed by atoms with Crippen molar-refractivity contribution < 1.29 is 63.1 Å². The van der Waals surface area contributed by atoms with Crippen LogP contribution in [-0.2, 0) is 32.7 Å². The number of aliphatic hydroxyl groups is 5. The SMILES string of the molecule is CCCCCCCC/C=C/CCCCCCCC(=O)OC[C@@H](COP(=O)(O)OC1C(O)C(O)C(O)[C@H](O)C1O)OC(=O)CCCCCCCCC. The van der Waals surface area contributed by atoms with Crippen molar-refractivity contribution in [2.75, 3.05) is 13.2 Å². The van der Waals surface area contributed by atoms with Gasteiger partial charge in [0.05, 0.1) is 6.61 Å². The molecule has 13 nitrogen and oxygen atoms in total. The van der Waals surface area contributed by atoms with E-state index in [1.54, 1.807) is 0 Å². The third-order valence-electron chi connectivity index (χ3n) is 9.11.